The third-order valence-electron chi connectivity index (χ3n) is 5.28. The average Bonchev–Trinajstić information content (AvgIpc) is 3.28. The van der Waals surface area contributed by atoms with E-state index in [4.69, 9.17) is 10.5 Å². The Kier molecular flexibility index (Phi) is 6.12. The molecule has 3 aromatic rings. The van der Waals surface area contributed by atoms with Crippen molar-refractivity contribution in [2.24, 2.45) is 12.8 Å². The molecule has 4 rings (SSSR count). The van der Waals surface area contributed by atoms with Gasteiger partial charge in [-0.3, -0.25) is 9.48 Å². The van der Waals surface area contributed by atoms with Crippen molar-refractivity contribution >= 4 is 22.9 Å². The standard InChI is InChI=1S/C21H23F2N5O2S/c1-11-8-12(24)6-7-17(30-11)19-15(9-25-28(19)2)26-20(29)16-10-31-21(27-16)18-13(22)4-3-5-14(18)23/h3-5,9-12,17H,6-8,24H2,1-2H3,(H,26,29)/t11-,12+,17-/m0/s1. The topological polar surface area (TPSA) is 95.1 Å². The molecule has 1 fully saturated rings. The second kappa shape index (κ2) is 8.81. The molecule has 1 aliphatic rings. The van der Waals surface area contributed by atoms with Gasteiger partial charge in [-0.1, -0.05) is 6.07 Å². The van der Waals surface area contributed by atoms with Crippen LogP contribution in [0.4, 0.5) is 14.5 Å². The molecule has 3 atom stereocenters. The van der Waals surface area contributed by atoms with Gasteiger partial charge < -0.3 is 15.8 Å². The minimum atomic E-state index is -0.728. The van der Waals surface area contributed by atoms with Gasteiger partial charge in [0.25, 0.3) is 5.91 Å². The zero-order valence-corrected chi connectivity index (χ0v) is 18.0. The van der Waals surface area contributed by atoms with Gasteiger partial charge in [-0.05, 0) is 38.3 Å². The molecule has 3 heterocycles. The third kappa shape index (κ3) is 4.51. The molecule has 0 aliphatic carbocycles. The lowest BCUT2D eigenvalue weighted by molar-refractivity contribution is -0.00360. The van der Waals surface area contributed by atoms with Crippen molar-refractivity contribution in [3.05, 3.63) is 52.8 Å². The van der Waals surface area contributed by atoms with Crippen LogP contribution in [0.25, 0.3) is 10.6 Å². The van der Waals surface area contributed by atoms with Gasteiger partial charge in [0.1, 0.15) is 28.4 Å². The number of hydrogen-bond donors (Lipinski definition) is 2. The fourth-order valence-corrected chi connectivity index (χ4v) is 4.67. The molecular formula is C21H23F2N5O2S. The van der Waals surface area contributed by atoms with E-state index < -0.39 is 17.5 Å². The Balaban J connectivity index is 1.56. The number of amides is 1. The van der Waals surface area contributed by atoms with Crippen LogP contribution < -0.4 is 11.1 Å². The van der Waals surface area contributed by atoms with Crippen molar-refractivity contribution in [3.63, 3.8) is 0 Å². The summed E-state index contributed by atoms with van der Waals surface area (Å²) in [4.78, 5) is 16.9. The lowest BCUT2D eigenvalue weighted by Gasteiger charge is -2.20. The number of halogens is 2. The van der Waals surface area contributed by atoms with Crippen LogP contribution in [-0.2, 0) is 11.8 Å². The normalized spacial score (nSPS) is 21.6. The number of nitrogens with one attached hydrogen (secondary N) is 1. The summed E-state index contributed by atoms with van der Waals surface area (Å²) in [7, 11) is 1.78. The van der Waals surface area contributed by atoms with Crippen LogP contribution in [0.5, 0.6) is 0 Å². The Morgan fingerprint density at radius 2 is 2.06 bits per heavy atom. The maximum atomic E-state index is 14.0. The Bertz CT molecular complexity index is 1080. The highest BCUT2D eigenvalue weighted by Gasteiger charge is 2.28. The predicted octanol–water partition coefficient (Wildman–Crippen LogP) is 4.03. The molecule has 1 saturated heterocycles. The number of nitrogens with two attached hydrogens (primary N) is 1. The molecule has 31 heavy (non-hydrogen) atoms. The lowest BCUT2D eigenvalue weighted by atomic mass is 10.0. The maximum Gasteiger partial charge on any atom is 0.275 e. The largest absolute Gasteiger partial charge is 0.369 e. The number of carbonyl (C=O) groups is 1. The molecule has 1 aliphatic heterocycles. The molecule has 3 N–H and O–H groups in total. The second-order valence-corrected chi connectivity index (χ2v) is 8.52. The molecule has 0 radical (unpaired) electrons. The van der Waals surface area contributed by atoms with E-state index in [1.165, 1.54) is 11.4 Å². The molecule has 2 aromatic heterocycles. The SMILES string of the molecule is C[C@H]1C[C@H](N)CC[C@@H](c2c(NC(=O)c3csc(-c4c(F)cccc4F)n3)cnn2C)O1. The van der Waals surface area contributed by atoms with E-state index >= 15 is 0 Å². The van der Waals surface area contributed by atoms with Gasteiger partial charge in [-0.2, -0.15) is 5.10 Å². The van der Waals surface area contributed by atoms with Gasteiger partial charge in [-0.15, -0.1) is 11.3 Å². The van der Waals surface area contributed by atoms with Crippen LogP contribution in [0.1, 0.15) is 48.5 Å². The van der Waals surface area contributed by atoms with Crippen molar-refractivity contribution in [3.8, 4) is 10.6 Å². The summed E-state index contributed by atoms with van der Waals surface area (Å²) in [6, 6.07) is 3.66. The summed E-state index contributed by atoms with van der Waals surface area (Å²) in [6.45, 7) is 1.98. The Hall–Kier alpha value is -2.69. The number of hydrogen-bond acceptors (Lipinski definition) is 6. The number of aryl methyl sites for hydroxylation is 1. The summed E-state index contributed by atoms with van der Waals surface area (Å²) < 4.78 is 35.9. The molecule has 0 unspecified atom stereocenters. The molecular weight excluding hydrogens is 424 g/mol. The highest BCUT2D eigenvalue weighted by molar-refractivity contribution is 7.13. The highest BCUT2D eigenvalue weighted by Crippen LogP contribution is 2.34. The van der Waals surface area contributed by atoms with Gasteiger partial charge in [0.2, 0.25) is 0 Å². The Labute approximate surface area is 182 Å². The number of thiazole rings is 1. The minimum absolute atomic E-state index is 0.0160. The fraction of sp³-hybridized carbons (Fsp3) is 0.381. The first kappa shape index (κ1) is 21.5. The first-order chi connectivity index (χ1) is 14.8. The monoisotopic (exact) mass is 447 g/mol. The number of ether oxygens (including phenoxy) is 1. The van der Waals surface area contributed by atoms with E-state index in [2.05, 4.69) is 15.4 Å². The summed E-state index contributed by atoms with van der Waals surface area (Å²) >= 11 is 0.999. The predicted molar refractivity (Wildman–Crippen MR) is 114 cm³/mol. The first-order valence-electron chi connectivity index (χ1n) is 9.97. The van der Waals surface area contributed by atoms with Gasteiger partial charge in [-0.25, -0.2) is 13.8 Å². The van der Waals surface area contributed by atoms with Crippen LogP contribution in [0.2, 0.25) is 0 Å². The summed E-state index contributed by atoms with van der Waals surface area (Å²) in [5.74, 6) is -1.95. The number of carbonyl (C=O) groups excluding carboxylic acids is 1. The van der Waals surface area contributed by atoms with Crippen LogP contribution in [0, 0.1) is 11.6 Å². The van der Waals surface area contributed by atoms with Crippen molar-refractivity contribution in [2.75, 3.05) is 5.32 Å². The smallest absolute Gasteiger partial charge is 0.275 e. The molecule has 1 amide bonds. The van der Waals surface area contributed by atoms with E-state index in [1.54, 1.807) is 17.9 Å². The Morgan fingerprint density at radius 1 is 1.32 bits per heavy atom. The average molecular weight is 448 g/mol. The fourth-order valence-electron chi connectivity index (χ4n) is 3.82. The number of benzene rings is 1. The van der Waals surface area contributed by atoms with E-state index in [1.807, 2.05) is 6.92 Å². The zero-order valence-electron chi connectivity index (χ0n) is 17.1. The second-order valence-electron chi connectivity index (χ2n) is 7.66. The lowest BCUT2D eigenvalue weighted by Crippen LogP contribution is -2.23. The molecule has 164 valence electrons. The molecule has 1 aromatic carbocycles. The summed E-state index contributed by atoms with van der Waals surface area (Å²) in [6.07, 6.45) is 3.56. The van der Waals surface area contributed by atoms with Gasteiger partial charge in [0, 0.05) is 18.5 Å². The zero-order chi connectivity index (χ0) is 22.1. The van der Waals surface area contributed by atoms with E-state index in [9.17, 15) is 13.6 Å². The third-order valence-corrected chi connectivity index (χ3v) is 6.14. The maximum absolute atomic E-state index is 14.0. The number of rotatable bonds is 4. The summed E-state index contributed by atoms with van der Waals surface area (Å²) in [5, 5.41) is 8.64. The number of aromatic nitrogens is 3. The number of anilines is 1. The van der Waals surface area contributed by atoms with Gasteiger partial charge >= 0.3 is 0 Å². The van der Waals surface area contributed by atoms with Gasteiger partial charge in [0.05, 0.1) is 29.2 Å². The Morgan fingerprint density at radius 3 is 2.81 bits per heavy atom. The first-order valence-corrected chi connectivity index (χ1v) is 10.9. The van der Waals surface area contributed by atoms with Crippen molar-refractivity contribution in [1.29, 1.82) is 0 Å². The summed E-state index contributed by atoms with van der Waals surface area (Å²) in [5.41, 5.74) is 7.18. The van der Waals surface area contributed by atoms with E-state index in [0.717, 1.165) is 42.0 Å². The van der Waals surface area contributed by atoms with Gasteiger partial charge in [0.15, 0.2) is 0 Å². The van der Waals surface area contributed by atoms with Crippen LogP contribution in [-0.4, -0.2) is 32.8 Å². The quantitative estimate of drug-likeness (QED) is 0.630. The van der Waals surface area contributed by atoms with Crippen LogP contribution in [0.3, 0.4) is 0 Å². The molecule has 0 bridgehead atoms. The molecule has 0 saturated carbocycles. The molecule has 10 heteroatoms. The molecule has 7 nitrogen and oxygen atoms in total. The number of nitrogens with zero attached hydrogens (tertiary/aromatic N) is 3. The van der Waals surface area contributed by atoms with Crippen LogP contribution in [0.15, 0.2) is 29.8 Å². The van der Waals surface area contributed by atoms with Crippen molar-refractivity contribution in [2.45, 2.75) is 44.4 Å². The molecule has 0 spiro atoms. The van der Waals surface area contributed by atoms with Crippen molar-refractivity contribution in [1.82, 2.24) is 14.8 Å². The van der Waals surface area contributed by atoms with Crippen LogP contribution >= 0.6 is 11.3 Å². The highest BCUT2D eigenvalue weighted by atomic mass is 32.1. The minimum Gasteiger partial charge on any atom is -0.369 e. The van der Waals surface area contributed by atoms with Crippen molar-refractivity contribution < 1.29 is 18.3 Å². The van der Waals surface area contributed by atoms with E-state index in [0.29, 0.717) is 12.1 Å². The van der Waals surface area contributed by atoms with E-state index in [-0.39, 0.29) is 34.5 Å².